The average molecular weight is 458 g/mol. The molecule has 33 heavy (non-hydrogen) atoms. The highest BCUT2D eigenvalue weighted by Gasteiger charge is 2.25. The van der Waals surface area contributed by atoms with Crippen molar-refractivity contribution in [3.63, 3.8) is 0 Å². The summed E-state index contributed by atoms with van der Waals surface area (Å²) in [4.78, 5) is 20.5. The number of benzene rings is 3. The van der Waals surface area contributed by atoms with Gasteiger partial charge in [-0.25, -0.2) is 0 Å². The quantitative estimate of drug-likeness (QED) is 0.320. The van der Waals surface area contributed by atoms with Gasteiger partial charge >= 0.3 is 0 Å². The Morgan fingerprint density at radius 1 is 1.06 bits per heavy atom. The smallest absolute Gasteiger partial charge is 0.258 e. The molecule has 0 fully saturated rings. The molecule has 2 heterocycles. The van der Waals surface area contributed by atoms with Crippen LogP contribution in [-0.2, 0) is 4.79 Å². The number of H-pyrrole nitrogens is 1. The van der Waals surface area contributed by atoms with Crippen LogP contribution < -0.4 is 10.1 Å². The van der Waals surface area contributed by atoms with Gasteiger partial charge < -0.3 is 20.1 Å². The van der Waals surface area contributed by atoms with E-state index in [2.05, 4.69) is 15.3 Å². The number of carbonyl (C=O) groups is 1. The van der Waals surface area contributed by atoms with E-state index < -0.39 is 6.04 Å². The van der Waals surface area contributed by atoms with Gasteiger partial charge in [0.25, 0.3) is 5.91 Å². The summed E-state index contributed by atoms with van der Waals surface area (Å²) in [6.45, 7) is -0.179. The van der Waals surface area contributed by atoms with Gasteiger partial charge in [0.2, 0.25) is 0 Å². The molecular weight excluding hydrogens is 438 g/mol. The molecule has 3 N–H and O–H groups in total. The van der Waals surface area contributed by atoms with Crippen LogP contribution in [0.1, 0.15) is 17.2 Å². The highest BCUT2D eigenvalue weighted by molar-refractivity contribution is 6.35. The molecule has 5 aromatic rings. The molecule has 0 saturated carbocycles. The minimum absolute atomic E-state index is 0.0344. The van der Waals surface area contributed by atoms with Gasteiger partial charge in [0.05, 0.1) is 16.6 Å². The minimum Gasteiger partial charge on any atom is -0.505 e. The zero-order valence-electron chi connectivity index (χ0n) is 17.5. The molecule has 6 nitrogen and oxygen atoms in total. The minimum atomic E-state index is -0.692. The van der Waals surface area contributed by atoms with Gasteiger partial charge in [0, 0.05) is 28.9 Å². The summed E-state index contributed by atoms with van der Waals surface area (Å²) in [6.07, 6.45) is 3.43. The monoisotopic (exact) mass is 457 g/mol. The van der Waals surface area contributed by atoms with E-state index in [9.17, 15) is 9.90 Å². The van der Waals surface area contributed by atoms with Gasteiger partial charge in [0.15, 0.2) is 6.61 Å². The summed E-state index contributed by atoms with van der Waals surface area (Å²) in [5, 5.41) is 16.2. The molecule has 164 valence electrons. The number of phenols is 1. The first-order valence-corrected chi connectivity index (χ1v) is 10.8. The fourth-order valence-corrected chi connectivity index (χ4v) is 4.24. The lowest BCUT2D eigenvalue weighted by Gasteiger charge is -2.22. The number of pyridine rings is 1. The highest BCUT2D eigenvalue weighted by Crippen LogP contribution is 2.39. The van der Waals surface area contributed by atoms with E-state index in [1.54, 1.807) is 36.5 Å². The SMILES string of the molecule is O=C(COc1ccccc1)NC(c1cc(Cl)c2cccnc2c1O)c1cccc2cc[nH]c12. The van der Waals surface area contributed by atoms with Gasteiger partial charge in [-0.15, -0.1) is 0 Å². The summed E-state index contributed by atoms with van der Waals surface area (Å²) >= 11 is 6.54. The first-order valence-electron chi connectivity index (χ1n) is 10.4. The van der Waals surface area contributed by atoms with Crippen molar-refractivity contribution in [2.45, 2.75) is 6.04 Å². The van der Waals surface area contributed by atoms with Crippen molar-refractivity contribution in [3.8, 4) is 11.5 Å². The normalized spacial score (nSPS) is 12.0. The number of aromatic hydroxyl groups is 1. The molecule has 0 aliphatic carbocycles. The Bertz CT molecular complexity index is 1450. The zero-order chi connectivity index (χ0) is 22.8. The topological polar surface area (TPSA) is 87.2 Å². The molecule has 0 aliphatic heterocycles. The third kappa shape index (κ3) is 4.08. The lowest BCUT2D eigenvalue weighted by atomic mass is 9.94. The number of rotatable bonds is 6. The fraction of sp³-hybridized carbons (Fsp3) is 0.0769. The van der Waals surface area contributed by atoms with Crippen molar-refractivity contribution in [1.82, 2.24) is 15.3 Å². The van der Waals surface area contributed by atoms with Crippen molar-refractivity contribution < 1.29 is 14.6 Å². The van der Waals surface area contributed by atoms with Crippen molar-refractivity contribution in [2.24, 2.45) is 0 Å². The molecule has 7 heteroatoms. The lowest BCUT2D eigenvalue weighted by Crippen LogP contribution is -2.33. The molecule has 0 radical (unpaired) electrons. The number of hydrogen-bond donors (Lipinski definition) is 3. The molecule has 1 amide bonds. The summed E-state index contributed by atoms with van der Waals surface area (Å²) in [7, 11) is 0. The predicted octanol–water partition coefficient (Wildman–Crippen LogP) is 5.36. The zero-order valence-corrected chi connectivity index (χ0v) is 18.2. The molecule has 2 aromatic heterocycles. The molecular formula is C26H20ClN3O3. The Hall–Kier alpha value is -4.03. The largest absolute Gasteiger partial charge is 0.505 e. The van der Waals surface area contributed by atoms with E-state index in [4.69, 9.17) is 16.3 Å². The molecule has 0 spiro atoms. The number of nitrogens with one attached hydrogen (secondary N) is 2. The van der Waals surface area contributed by atoms with E-state index >= 15 is 0 Å². The van der Waals surface area contributed by atoms with Crippen LogP contribution in [0.3, 0.4) is 0 Å². The van der Waals surface area contributed by atoms with E-state index in [0.29, 0.717) is 27.2 Å². The predicted molar refractivity (Wildman–Crippen MR) is 129 cm³/mol. The third-order valence-corrected chi connectivity index (χ3v) is 5.82. The number of ether oxygens (including phenoxy) is 1. The van der Waals surface area contributed by atoms with Crippen molar-refractivity contribution in [2.75, 3.05) is 6.61 Å². The second-order valence-electron chi connectivity index (χ2n) is 7.59. The number of amides is 1. The number of aromatic nitrogens is 2. The molecule has 5 rings (SSSR count). The van der Waals surface area contributed by atoms with Gasteiger partial charge in [-0.1, -0.05) is 48.0 Å². The average Bonchev–Trinajstić information content (AvgIpc) is 3.34. The number of carbonyl (C=O) groups excluding carboxylic acids is 1. The van der Waals surface area contributed by atoms with Gasteiger partial charge in [-0.2, -0.15) is 0 Å². The molecule has 1 atom stereocenters. The van der Waals surface area contributed by atoms with Crippen LogP contribution in [0.5, 0.6) is 11.5 Å². The summed E-state index contributed by atoms with van der Waals surface area (Å²) in [6, 6.07) is 21.4. The second kappa shape index (κ2) is 8.84. The number of aromatic amines is 1. The van der Waals surface area contributed by atoms with Gasteiger partial charge in [-0.3, -0.25) is 9.78 Å². The lowest BCUT2D eigenvalue weighted by molar-refractivity contribution is -0.123. The molecule has 0 saturated heterocycles. The number of hydrogen-bond acceptors (Lipinski definition) is 4. The highest BCUT2D eigenvalue weighted by atomic mass is 35.5. The Morgan fingerprint density at radius 2 is 1.91 bits per heavy atom. The maximum atomic E-state index is 12.9. The molecule has 3 aromatic carbocycles. The van der Waals surface area contributed by atoms with Crippen LogP contribution >= 0.6 is 11.6 Å². The standard InChI is InChI=1S/C26H20ClN3O3/c27-21-14-20(26(32)25-18(21)10-5-12-28-25)24(19-9-4-6-16-11-13-29-23(16)19)30-22(31)15-33-17-7-2-1-3-8-17/h1-14,24,29,32H,15H2,(H,30,31). The summed E-state index contributed by atoms with van der Waals surface area (Å²) in [5.41, 5.74) is 2.45. The van der Waals surface area contributed by atoms with E-state index in [-0.39, 0.29) is 18.3 Å². The van der Waals surface area contributed by atoms with Crippen LogP contribution in [0.15, 0.2) is 85.2 Å². The Labute approximate surface area is 194 Å². The Morgan fingerprint density at radius 3 is 2.76 bits per heavy atom. The number of nitrogens with zero attached hydrogens (tertiary/aromatic N) is 1. The maximum Gasteiger partial charge on any atom is 0.258 e. The number of fused-ring (bicyclic) bond motifs is 2. The molecule has 0 aliphatic rings. The van der Waals surface area contributed by atoms with Crippen LogP contribution in [0.25, 0.3) is 21.8 Å². The maximum absolute atomic E-state index is 12.9. The second-order valence-corrected chi connectivity index (χ2v) is 7.99. The van der Waals surface area contributed by atoms with Crippen LogP contribution in [0.2, 0.25) is 5.02 Å². The van der Waals surface area contributed by atoms with Crippen LogP contribution in [0, 0.1) is 0 Å². The van der Waals surface area contributed by atoms with Crippen molar-refractivity contribution in [3.05, 3.63) is 101 Å². The first-order chi connectivity index (χ1) is 16.1. The number of halogens is 1. The van der Waals surface area contributed by atoms with Crippen molar-refractivity contribution >= 4 is 39.3 Å². The van der Waals surface area contributed by atoms with Crippen LogP contribution in [-0.4, -0.2) is 27.6 Å². The Balaban J connectivity index is 1.56. The fourth-order valence-electron chi connectivity index (χ4n) is 3.97. The van der Waals surface area contributed by atoms with Crippen LogP contribution in [0.4, 0.5) is 0 Å². The Kier molecular flexibility index (Phi) is 5.59. The van der Waals surface area contributed by atoms with E-state index in [1.807, 2.05) is 48.7 Å². The first kappa shape index (κ1) is 20.8. The number of phenolic OH excluding ortho intramolecular Hbond substituents is 1. The molecule has 1 unspecified atom stereocenters. The number of para-hydroxylation sites is 2. The summed E-state index contributed by atoms with van der Waals surface area (Å²) < 4.78 is 5.62. The summed E-state index contributed by atoms with van der Waals surface area (Å²) in [5.74, 6) is 0.216. The third-order valence-electron chi connectivity index (χ3n) is 5.50. The molecule has 0 bridgehead atoms. The van der Waals surface area contributed by atoms with E-state index in [1.165, 1.54) is 0 Å². The van der Waals surface area contributed by atoms with Gasteiger partial charge in [-0.05, 0) is 41.8 Å². The van der Waals surface area contributed by atoms with Gasteiger partial charge in [0.1, 0.15) is 17.0 Å². The van der Waals surface area contributed by atoms with E-state index in [0.717, 1.165) is 16.5 Å². The van der Waals surface area contributed by atoms with Crippen molar-refractivity contribution in [1.29, 1.82) is 0 Å².